The van der Waals surface area contributed by atoms with Crippen LogP contribution < -0.4 is 10.6 Å². The predicted octanol–water partition coefficient (Wildman–Crippen LogP) is 2.77. The molecule has 4 saturated carbocycles. The van der Waals surface area contributed by atoms with Crippen molar-refractivity contribution < 1.29 is 14.3 Å². The highest BCUT2D eigenvalue weighted by atomic mass is 16.5. The van der Waals surface area contributed by atoms with Crippen molar-refractivity contribution in [1.82, 2.24) is 15.5 Å². The Bertz CT molecular complexity index is 801. The quantitative estimate of drug-likeness (QED) is 0.635. The Morgan fingerprint density at radius 3 is 2.21 bits per heavy atom. The van der Waals surface area contributed by atoms with Crippen LogP contribution in [0, 0.1) is 23.2 Å². The van der Waals surface area contributed by atoms with Crippen LogP contribution in [-0.4, -0.2) is 61.6 Å². The molecule has 1 saturated heterocycles. The molecule has 2 N–H and O–H groups in total. The van der Waals surface area contributed by atoms with Gasteiger partial charge in [0.1, 0.15) is 6.04 Å². The monoisotopic (exact) mass is 453 g/mol. The van der Waals surface area contributed by atoms with Crippen molar-refractivity contribution in [2.75, 3.05) is 32.8 Å². The van der Waals surface area contributed by atoms with E-state index in [1.807, 2.05) is 37.3 Å². The summed E-state index contributed by atoms with van der Waals surface area (Å²) < 4.78 is 5.43. The number of carbonyl (C=O) groups is 2. The Balaban J connectivity index is 1.26. The van der Waals surface area contributed by atoms with Gasteiger partial charge >= 0.3 is 0 Å². The number of morpholine rings is 1. The van der Waals surface area contributed by atoms with E-state index in [0.717, 1.165) is 57.7 Å². The van der Waals surface area contributed by atoms with Crippen LogP contribution in [0.2, 0.25) is 0 Å². The largest absolute Gasteiger partial charge is 0.379 e. The van der Waals surface area contributed by atoms with Gasteiger partial charge in [-0.25, -0.2) is 0 Å². The summed E-state index contributed by atoms with van der Waals surface area (Å²) in [5, 5.41) is 6.44. The molecule has 5 aliphatic rings. The fourth-order valence-corrected chi connectivity index (χ4v) is 7.32. The van der Waals surface area contributed by atoms with Crippen LogP contribution in [0.5, 0.6) is 0 Å². The van der Waals surface area contributed by atoms with Gasteiger partial charge in [-0.2, -0.15) is 0 Å². The molecule has 1 heterocycles. The normalized spacial score (nSPS) is 32.8. The second-order valence-electron chi connectivity index (χ2n) is 11.2. The molecule has 1 aliphatic heterocycles. The van der Waals surface area contributed by atoms with Gasteiger partial charge < -0.3 is 15.4 Å². The molecule has 33 heavy (non-hydrogen) atoms. The van der Waals surface area contributed by atoms with Crippen LogP contribution in [-0.2, 0) is 20.7 Å². The van der Waals surface area contributed by atoms with Gasteiger partial charge in [0.05, 0.1) is 13.2 Å². The molecule has 0 radical (unpaired) electrons. The van der Waals surface area contributed by atoms with Crippen molar-refractivity contribution in [1.29, 1.82) is 0 Å². The first-order chi connectivity index (χ1) is 16.0. The maximum Gasteiger partial charge on any atom is 0.243 e. The van der Waals surface area contributed by atoms with Gasteiger partial charge in [-0.05, 0) is 68.8 Å². The maximum absolute atomic E-state index is 13.7. The molecule has 0 aromatic heterocycles. The van der Waals surface area contributed by atoms with E-state index in [1.54, 1.807) is 0 Å². The summed E-state index contributed by atoms with van der Waals surface area (Å²) in [4.78, 5) is 29.4. The number of hydrogen-bond acceptors (Lipinski definition) is 4. The van der Waals surface area contributed by atoms with Gasteiger partial charge in [0.25, 0.3) is 0 Å². The molecule has 1 aromatic rings. The van der Waals surface area contributed by atoms with E-state index in [2.05, 4.69) is 15.5 Å². The van der Waals surface area contributed by atoms with Crippen molar-refractivity contribution in [3.8, 4) is 0 Å². The first-order valence-corrected chi connectivity index (χ1v) is 12.9. The van der Waals surface area contributed by atoms with Crippen LogP contribution in [0.25, 0.3) is 0 Å². The smallest absolute Gasteiger partial charge is 0.243 e. The lowest BCUT2D eigenvalue weighted by Crippen LogP contribution is -2.58. The van der Waals surface area contributed by atoms with Gasteiger partial charge in [0.15, 0.2) is 0 Å². The molecule has 1 aromatic carbocycles. The van der Waals surface area contributed by atoms with E-state index in [4.69, 9.17) is 4.74 Å². The standard InChI is InChI=1S/C27H39N3O3/c1-19(18-30-7-9-33-10-8-30)28-25(31)24(14-20-5-3-2-4-6-20)29-26(32)27-15-21-11-22(16-27)13-23(12-21)17-27/h2-6,19,21-24H,7-18H2,1H3,(H,28,31)(H,29,32)/t19-,21?,22?,23?,24-,27?/m1/s1. The number of hydrogen-bond donors (Lipinski definition) is 2. The molecule has 0 spiro atoms. The van der Waals surface area contributed by atoms with Crippen molar-refractivity contribution >= 4 is 11.8 Å². The highest BCUT2D eigenvalue weighted by Crippen LogP contribution is 2.60. The maximum atomic E-state index is 13.7. The van der Waals surface area contributed by atoms with E-state index < -0.39 is 6.04 Å². The van der Waals surface area contributed by atoms with Crippen LogP contribution in [0.1, 0.15) is 51.0 Å². The molecule has 4 bridgehead atoms. The van der Waals surface area contributed by atoms with Gasteiger partial charge in [-0.15, -0.1) is 0 Å². The third-order valence-corrected chi connectivity index (χ3v) is 8.45. The zero-order chi connectivity index (χ0) is 22.8. The second kappa shape index (κ2) is 9.75. The lowest BCUT2D eigenvalue weighted by molar-refractivity contribution is -0.148. The number of nitrogens with one attached hydrogen (secondary N) is 2. The van der Waals surface area contributed by atoms with Crippen molar-refractivity contribution in [2.24, 2.45) is 23.2 Å². The number of ether oxygens (including phenoxy) is 1. The Hall–Kier alpha value is -1.92. The Kier molecular flexibility index (Phi) is 6.75. The number of benzene rings is 1. The third-order valence-electron chi connectivity index (χ3n) is 8.45. The number of carbonyl (C=O) groups excluding carboxylic acids is 2. The zero-order valence-electron chi connectivity index (χ0n) is 19.9. The molecule has 180 valence electrons. The Labute approximate surface area is 197 Å². The van der Waals surface area contributed by atoms with Gasteiger partial charge in [-0.3, -0.25) is 14.5 Å². The van der Waals surface area contributed by atoms with Gasteiger partial charge in [0.2, 0.25) is 11.8 Å². The minimum Gasteiger partial charge on any atom is -0.379 e. The highest BCUT2D eigenvalue weighted by molar-refractivity contribution is 5.90. The molecular formula is C27H39N3O3. The van der Waals surface area contributed by atoms with Crippen molar-refractivity contribution in [2.45, 2.75) is 64.0 Å². The Morgan fingerprint density at radius 2 is 1.61 bits per heavy atom. The minimum atomic E-state index is -0.542. The summed E-state index contributed by atoms with van der Waals surface area (Å²) in [6, 6.07) is 9.52. The topological polar surface area (TPSA) is 70.7 Å². The van der Waals surface area contributed by atoms with E-state index in [0.29, 0.717) is 24.2 Å². The SMILES string of the molecule is C[C@H](CN1CCOCC1)NC(=O)[C@@H](Cc1ccccc1)NC(=O)C12CC3CC(CC(C3)C1)C2. The van der Waals surface area contributed by atoms with E-state index >= 15 is 0 Å². The van der Waals surface area contributed by atoms with Crippen LogP contribution in [0.3, 0.4) is 0 Å². The van der Waals surface area contributed by atoms with Crippen molar-refractivity contribution in [3.05, 3.63) is 35.9 Å². The molecule has 6 nitrogen and oxygen atoms in total. The second-order valence-corrected chi connectivity index (χ2v) is 11.2. The summed E-state index contributed by atoms with van der Waals surface area (Å²) in [6.07, 6.45) is 7.47. The molecule has 0 unspecified atom stereocenters. The van der Waals surface area contributed by atoms with E-state index in [-0.39, 0.29) is 23.3 Å². The van der Waals surface area contributed by atoms with Gasteiger partial charge in [-0.1, -0.05) is 30.3 Å². The predicted molar refractivity (Wildman–Crippen MR) is 128 cm³/mol. The lowest BCUT2D eigenvalue weighted by Gasteiger charge is -2.55. The fraction of sp³-hybridized carbons (Fsp3) is 0.704. The summed E-state index contributed by atoms with van der Waals surface area (Å²) in [7, 11) is 0. The fourth-order valence-electron chi connectivity index (χ4n) is 7.32. The Morgan fingerprint density at radius 1 is 1.00 bits per heavy atom. The number of amides is 2. The summed E-state index contributed by atoms with van der Waals surface area (Å²) >= 11 is 0. The summed E-state index contributed by atoms with van der Waals surface area (Å²) in [5.41, 5.74) is 0.827. The molecule has 4 aliphatic carbocycles. The first-order valence-electron chi connectivity index (χ1n) is 12.9. The molecule has 6 heteroatoms. The number of rotatable bonds is 8. The summed E-state index contributed by atoms with van der Waals surface area (Å²) in [5.74, 6) is 2.17. The van der Waals surface area contributed by atoms with Crippen LogP contribution in [0.4, 0.5) is 0 Å². The molecular weight excluding hydrogens is 414 g/mol. The lowest BCUT2D eigenvalue weighted by atomic mass is 9.49. The van der Waals surface area contributed by atoms with Crippen LogP contribution >= 0.6 is 0 Å². The molecule has 2 atom stereocenters. The number of nitrogens with zero attached hydrogens (tertiary/aromatic N) is 1. The zero-order valence-corrected chi connectivity index (χ0v) is 19.9. The van der Waals surface area contributed by atoms with E-state index in [9.17, 15) is 9.59 Å². The highest BCUT2D eigenvalue weighted by Gasteiger charge is 2.55. The molecule has 5 fully saturated rings. The minimum absolute atomic E-state index is 0.0188. The van der Waals surface area contributed by atoms with Crippen LogP contribution in [0.15, 0.2) is 30.3 Å². The molecule has 6 rings (SSSR count). The van der Waals surface area contributed by atoms with E-state index in [1.165, 1.54) is 19.3 Å². The average Bonchev–Trinajstić information content (AvgIpc) is 2.79. The third kappa shape index (κ3) is 5.27. The van der Waals surface area contributed by atoms with Crippen molar-refractivity contribution in [3.63, 3.8) is 0 Å². The average molecular weight is 454 g/mol. The van der Waals surface area contributed by atoms with Gasteiger partial charge in [0, 0.05) is 37.5 Å². The molecule has 2 amide bonds. The summed E-state index contributed by atoms with van der Waals surface area (Å²) in [6.45, 7) is 6.15. The first kappa shape index (κ1) is 22.9.